The van der Waals surface area contributed by atoms with Crippen LogP contribution in [0.5, 0.6) is 0 Å². The van der Waals surface area contributed by atoms with Gasteiger partial charge in [-0.05, 0) is 19.8 Å². The summed E-state index contributed by atoms with van der Waals surface area (Å²) in [5.74, 6) is 0. The highest BCUT2D eigenvalue weighted by molar-refractivity contribution is 4.89. The van der Waals surface area contributed by atoms with Gasteiger partial charge in [0.1, 0.15) is 0 Å². The smallest absolute Gasteiger partial charge is 0.0485 e. The fourth-order valence-electron chi connectivity index (χ4n) is 1.19. The van der Waals surface area contributed by atoms with Gasteiger partial charge in [-0.25, -0.2) is 0 Å². The molecule has 0 amide bonds. The number of ether oxygens (including phenoxy) is 1. The fraction of sp³-hybridized carbons (Fsp3) is 0.750. The third-order valence-corrected chi connectivity index (χ3v) is 1.67. The number of hydrogen-bond donors (Lipinski definition) is 1. The molecule has 0 aromatic rings. The summed E-state index contributed by atoms with van der Waals surface area (Å²) >= 11 is 0. The molecule has 1 saturated heterocycles. The van der Waals surface area contributed by atoms with Crippen molar-refractivity contribution in [2.45, 2.75) is 25.8 Å². The Kier molecular flexibility index (Phi) is 2.75. The van der Waals surface area contributed by atoms with Crippen LogP contribution in [0.15, 0.2) is 12.3 Å². The van der Waals surface area contributed by atoms with Crippen LogP contribution in [0.1, 0.15) is 19.8 Å². The minimum absolute atomic E-state index is 0.603. The molecule has 1 aliphatic rings. The summed E-state index contributed by atoms with van der Waals surface area (Å²) in [4.78, 5) is 0. The molecule has 0 atom stereocenters. The van der Waals surface area contributed by atoms with E-state index in [9.17, 15) is 0 Å². The second-order valence-electron chi connectivity index (χ2n) is 2.81. The summed E-state index contributed by atoms with van der Waals surface area (Å²) in [7, 11) is 0. The average Bonchev–Trinajstić information content (AvgIpc) is 1.88. The largest absolute Gasteiger partial charge is 0.386 e. The number of hydrogen-bond acceptors (Lipinski definition) is 2. The van der Waals surface area contributed by atoms with Crippen LogP contribution < -0.4 is 5.32 Å². The average molecular weight is 141 g/mol. The van der Waals surface area contributed by atoms with Crippen LogP contribution >= 0.6 is 0 Å². The van der Waals surface area contributed by atoms with Crippen molar-refractivity contribution in [2.75, 3.05) is 13.2 Å². The molecule has 10 heavy (non-hydrogen) atoms. The molecule has 0 bridgehead atoms. The van der Waals surface area contributed by atoms with Gasteiger partial charge < -0.3 is 10.1 Å². The Labute approximate surface area is 62.3 Å². The first-order chi connectivity index (χ1) is 4.79. The van der Waals surface area contributed by atoms with E-state index in [4.69, 9.17) is 4.74 Å². The van der Waals surface area contributed by atoms with Crippen LogP contribution in [0.2, 0.25) is 0 Å². The van der Waals surface area contributed by atoms with Gasteiger partial charge in [-0.3, -0.25) is 0 Å². The maximum absolute atomic E-state index is 5.21. The molecule has 0 saturated carbocycles. The van der Waals surface area contributed by atoms with Gasteiger partial charge in [0, 0.05) is 25.0 Å². The zero-order valence-electron chi connectivity index (χ0n) is 6.52. The highest BCUT2D eigenvalue weighted by Crippen LogP contribution is 2.06. The van der Waals surface area contributed by atoms with E-state index in [0.717, 1.165) is 31.8 Å². The van der Waals surface area contributed by atoms with Crippen molar-refractivity contribution in [1.29, 1.82) is 0 Å². The maximum Gasteiger partial charge on any atom is 0.0485 e. The summed E-state index contributed by atoms with van der Waals surface area (Å²) in [5.41, 5.74) is 1.06. The second-order valence-corrected chi connectivity index (χ2v) is 2.81. The van der Waals surface area contributed by atoms with Crippen LogP contribution in [0, 0.1) is 0 Å². The van der Waals surface area contributed by atoms with Crippen LogP contribution in [-0.2, 0) is 4.74 Å². The predicted octanol–water partition coefficient (Wildman–Crippen LogP) is 1.29. The molecule has 1 rings (SSSR count). The van der Waals surface area contributed by atoms with Crippen molar-refractivity contribution in [3.8, 4) is 0 Å². The highest BCUT2D eigenvalue weighted by atomic mass is 16.5. The van der Waals surface area contributed by atoms with E-state index in [0.29, 0.717) is 6.04 Å². The van der Waals surface area contributed by atoms with Crippen LogP contribution in [-0.4, -0.2) is 19.3 Å². The molecule has 58 valence electrons. The summed E-state index contributed by atoms with van der Waals surface area (Å²) in [6.45, 7) is 7.58. The molecular weight excluding hydrogens is 126 g/mol. The molecule has 2 heteroatoms. The van der Waals surface area contributed by atoms with E-state index in [1.54, 1.807) is 0 Å². The Morgan fingerprint density at radius 2 is 2.10 bits per heavy atom. The van der Waals surface area contributed by atoms with Crippen LogP contribution in [0.25, 0.3) is 0 Å². The van der Waals surface area contributed by atoms with E-state index in [2.05, 4.69) is 11.9 Å². The lowest BCUT2D eigenvalue weighted by molar-refractivity contribution is 0.0804. The molecule has 0 spiro atoms. The number of allylic oxidation sites excluding steroid dienone is 1. The normalized spacial score (nSPS) is 20.5. The Balaban J connectivity index is 2.19. The monoisotopic (exact) mass is 141 g/mol. The fourth-order valence-corrected chi connectivity index (χ4v) is 1.19. The molecule has 0 unspecified atom stereocenters. The number of rotatable bonds is 2. The Bertz CT molecular complexity index is 116. The van der Waals surface area contributed by atoms with Crippen LogP contribution in [0.3, 0.4) is 0 Å². The molecule has 0 radical (unpaired) electrons. The van der Waals surface area contributed by atoms with E-state index >= 15 is 0 Å². The molecular formula is C8H15NO. The second kappa shape index (κ2) is 3.62. The zero-order chi connectivity index (χ0) is 7.40. The molecule has 1 heterocycles. The van der Waals surface area contributed by atoms with Gasteiger partial charge >= 0.3 is 0 Å². The van der Waals surface area contributed by atoms with Crippen LogP contribution in [0.4, 0.5) is 0 Å². The maximum atomic E-state index is 5.21. The lowest BCUT2D eigenvalue weighted by atomic mass is 10.1. The van der Waals surface area contributed by atoms with Gasteiger partial charge in [-0.1, -0.05) is 6.58 Å². The quantitative estimate of drug-likeness (QED) is 0.625. The molecule has 0 aliphatic carbocycles. The van der Waals surface area contributed by atoms with E-state index < -0.39 is 0 Å². The van der Waals surface area contributed by atoms with E-state index in [1.807, 2.05) is 6.92 Å². The lowest BCUT2D eigenvalue weighted by Crippen LogP contribution is -2.33. The van der Waals surface area contributed by atoms with Crippen molar-refractivity contribution in [2.24, 2.45) is 0 Å². The molecule has 1 fully saturated rings. The summed E-state index contributed by atoms with van der Waals surface area (Å²) < 4.78 is 5.21. The van der Waals surface area contributed by atoms with Gasteiger partial charge in [0.25, 0.3) is 0 Å². The predicted molar refractivity (Wildman–Crippen MR) is 41.8 cm³/mol. The SMILES string of the molecule is C=C(C)NC1CCOCC1. The van der Waals surface area contributed by atoms with Gasteiger partial charge in [-0.2, -0.15) is 0 Å². The Morgan fingerprint density at radius 3 is 2.60 bits per heavy atom. The molecule has 1 N–H and O–H groups in total. The van der Waals surface area contributed by atoms with Gasteiger partial charge in [0.05, 0.1) is 0 Å². The topological polar surface area (TPSA) is 21.3 Å². The zero-order valence-corrected chi connectivity index (χ0v) is 6.52. The van der Waals surface area contributed by atoms with Gasteiger partial charge in [0.15, 0.2) is 0 Å². The third-order valence-electron chi connectivity index (χ3n) is 1.67. The summed E-state index contributed by atoms with van der Waals surface area (Å²) in [6, 6.07) is 0.603. The van der Waals surface area contributed by atoms with Crippen molar-refractivity contribution >= 4 is 0 Å². The van der Waals surface area contributed by atoms with Crippen molar-refractivity contribution in [3.05, 3.63) is 12.3 Å². The lowest BCUT2D eigenvalue weighted by Gasteiger charge is -2.23. The Hall–Kier alpha value is -0.500. The first-order valence-corrected chi connectivity index (χ1v) is 3.79. The Morgan fingerprint density at radius 1 is 1.50 bits per heavy atom. The van der Waals surface area contributed by atoms with Gasteiger partial charge in [-0.15, -0.1) is 0 Å². The first kappa shape index (κ1) is 7.61. The molecule has 1 aliphatic heterocycles. The third kappa shape index (κ3) is 2.40. The van der Waals surface area contributed by atoms with Gasteiger partial charge in [0.2, 0.25) is 0 Å². The summed E-state index contributed by atoms with van der Waals surface area (Å²) in [6.07, 6.45) is 2.24. The van der Waals surface area contributed by atoms with E-state index in [1.165, 1.54) is 0 Å². The van der Waals surface area contributed by atoms with Crippen molar-refractivity contribution in [3.63, 3.8) is 0 Å². The molecule has 0 aromatic heterocycles. The van der Waals surface area contributed by atoms with Crippen molar-refractivity contribution < 1.29 is 4.74 Å². The first-order valence-electron chi connectivity index (χ1n) is 3.79. The number of nitrogens with one attached hydrogen (secondary N) is 1. The highest BCUT2D eigenvalue weighted by Gasteiger charge is 2.11. The van der Waals surface area contributed by atoms with E-state index in [-0.39, 0.29) is 0 Å². The molecule has 0 aromatic carbocycles. The standard InChI is InChI=1S/C8H15NO/c1-7(2)9-8-3-5-10-6-4-8/h8-9H,1,3-6H2,2H3. The minimum atomic E-state index is 0.603. The minimum Gasteiger partial charge on any atom is -0.386 e. The molecule has 2 nitrogen and oxygen atoms in total. The van der Waals surface area contributed by atoms with Crippen molar-refractivity contribution in [1.82, 2.24) is 5.32 Å². The summed E-state index contributed by atoms with van der Waals surface area (Å²) in [5, 5.41) is 3.31.